The second-order valence-corrected chi connectivity index (χ2v) is 5.89. The highest BCUT2D eigenvalue weighted by molar-refractivity contribution is 7.13. The van der Waals surface area contributed by atoms with E-state index in [-0.39, 0.29) is 18.2 Å². The van der Waals surface area contributed by atoms with Crippen molar-refractivity contribution in [2.75, 3.05) is 16.8 Å². The Bertz CT molecular complexity index is 677. The van der Waals surface area contributed by atoms with E-state index in [4.69, 9.17) is 11.6 Å². The number of nitrogens with zero attached hydrogens (tertiary/aromatic N) is 3. The van der Waals surface area contributed by atoms with Crippen molar-refractivity contribution in [1.29, 1.82) is 0 Å². The van der Waals surface area contributed by atoms with Crippen molar-refractivity contribution in [2.45, 2.75) is 6.42 Å². The number of rotatable bonds is 3. The fraction of sp³-hybridized carbons (Fsp3) is 0.231. The van der Waals surface area contributed by atoms with Gasteiger partial charge in [-0.25, -0.2) is 0 Å². The minimum atomic E-state index is -0.402. The Morgan fingerprint density at radius 2 is 2.33 bits per heavy atom. The van der Waals surface area contributed by atoms with E-state index in [0.717, 1.165) is 0 Å². The number of aromatic nitrogens is 2. The zero-order chi connectivity index (χ0) is 14.8. The normalized spacial score (nSPS) is 18.0. The van der Waals surface area contributed by atoms with Crippen LogP contribution in [0.2, 0.25) is 5.02 Å². The molecule has 1 fully saturated rings. The Morgan fingerprint density at radius 1 is 1.48 bits per heavy atom. The van der Waals surface area contributed by atoms with E-state index in [9.17, 15) is 9.59 Å². The molecule has 1 aliphatic rings. The predicted octanol–water partition coefficient (Wildman–Crippen LogP) is 2.18. The third kappa shape index (κ3) is 3.03. The van der Waals surface area contributed by atoms with Gasteiger partial charge in [-0.2, -0.15) is 0 Å². The van der Waals surface area contributed by atoms with Crippen LogP contribution in [-0.2, 0) is 9.59 Å². The molecule has 2 aromatic rings. The monoisotopic (exact) mass is 322 g/mol. The van der Waals surface area contributed by atoms with Crippen LogP contribution in [0.5, 0.6) is 0 Å². The summed E-state index contributed by atoms with van der Waals surface area (Å²) in [6, 6.07) is 7.03. The van der Waals surface area contributed by atoms with Crippen LogP contribution in [0.1, 0.15) is 6.42 Å². The topological polar surface area (TPSA) is 75.2 Å². The Hall–Kier alpha value is -1.99. The largest absolute Gasteiger partial charge is 0.312 e. The van der Waals surface area contributed by atoms with Crippen molar-refractivity contribution in [1.82, 2.24) is 10.2 Å². The molecule has 21 heavy (non-hydrogen) atoms. The van der Waals surface area contributed by atoms with E-state index < -0.39 is 5.92 Å². The number of hydrogen-bond acceptors (Lipinski definition) is 5. The smallest absolute Gasteiger partial charge is 0.231 e. The first kappa shape index (κ1) is 14.0. The van der Waals surface area contributed by atoms with Gasteiger partial charge in [0.25, 0.3) is 0 Å². The number of hydrogen-bond donors (Lipinski definition) is 1. The van der Waals surface area contributed by atoms with Crippen molar-refractivity contribution in [3.05, 3.63) is 34.8 Å². The van der Waals surface area contributed by atoms with Crippen LogP contribution >= 0.6 is 22.9 Å². The van der Waals surface area contributed by atoms with Gasteiger partial charge in [0, 0.05) is 23.7 Å². The summed E-state index contributed by atoms with van der Waals surface area (Å²) in [4.78, 5) is 25.8. The second kappa shape index (κ2) is 5.79. The number of nitrogens with one attached hydrogen (secondary N) is 1. The molecule has 1 aromatic heterocycles. The average molecular weight is 323 g/mol. The molecule has 2 heterocycles. The number of carbonyl (C=O) groups is 2. The first-order chi connectivity index (χ1) is 10.1. The Morgan fingerprint density at radius 3 is 3.05 bits per heavy atom. The number of benzene rings is 1. The molecule has 3 rings (SSSR count). The molecule has 2 amide bonds. The lowest BCUT2D eigenvalue weighted by Gasteiger charge is -2.16. The van der Waals surface area contributed by atoms with Crippen LogP contribution in [0.3, 0.4) is 0 Å². The molecular formula is C13H11ClN4O2S. The Labute approximate surface area is 129 Å². The fourth-order valence-corrected chi connectivity index (χ4v) is 2.84. The average Bonchev–Trinajstić information content (AvgIpc) is 3.08. The fourth-order valence-electron chi connectivity index (χ4n) is 2.21. The van der Waals surface area contributed by atoms with Crippen LogP contribution in [0.15, 0.2) is 29.8 Å². The van der Waals surface area contributed by atoms with Gasteiger partial charge in [-0.05, 0) is 18.2 Å². The van der Waals surface area contributed by atoms with Crippen LogP contribution < -0.4 is 10.2 Å². The van der Waals surface area contributed by atoms with E-state index in [1.165, 1.54) is 16.8 Å². The molecule has 1 atom stereocenters. The van der Waals surface area contributed by atoms with E-state index in [1.54, 1.807) is 29.2 Å². The SMILES string of the molecule is O=C(Nc1nncs1)C1CC(=O)N(c2cccc(Cl)c2)C1. The van der Waals surface area contributed by atoms with E-state index >= 15 is 0 Å². The maximum absolute atomic E-state index is 12.1. The summed E-state index contributed by atoms with van der Waals surface area (Å²) in [5.41, 5.74) is 2.24. The third-order valence-electron chi connectivity index (χ3n) is 3.21. The summed E-state index contributed by atoms with van der Waals surface area (Å²) < 4.78 is 0. The van der Waals surface area contributed by atoms with Crippen LogP contribution in [-0.4, -0.2) is 28.6 Å². The number of halogens is 1. The lowest BCUT2D eigenvalue weighted by Crippen LogP contribution is -2.28. The summed E-state index contributed by atoms with van der Waals surface area (Å²) in [5, 5.41) is 11.1. The maximum Gasteiger partial charge on any atom is 0.231 e. The molecule has 1 aromatic carbocycles. The van der Waals surface area contributed by atoms with Crippen LogP contribution in [0, 0.1) is 5.92 Å². The standard InChI is InChI=1S/C13H11ClN4O2S/c14-9-2-1-3-10(5-9)18-6-8(4-11(18)19)12(20)16-13-17-15-7-21-13/h1-3,5,7-8H,4,6H2,(H,16,17,20). The van der Waals surface area contributed by atoms with E-state index in [1.807, 2.05) is 0 Å². The molecule has 108 valence electrons. The van der Waals surface area contributed by atoms with Crippen molar-refractivity contribution in [3.63, 3.8) is 0 Å². The quantitative estimate of drug-likeness (QED) is 0.939. The summed E-state index contributed by atoms with van der Waals surface area (Å²) >= 11 is 7.17. The molecule has 1 unspecified atom stereocenters. The molecule has 0 aliphatic carbocycles. The summed E-state index contributed by atoms with van der Waals surface area (Å²) in [6.45, 7) is 0.337. The lowest BCUT2D eigenvalue weighted by molar-refractivity contribution is -0.122. The zero-order valence-electron chi connectivity index (χ0n) is 10.8. The van der Waals surface area contributed by atoms with Gasteiger partial charge in [-0.3, -0.25) is 9.59 Å². The van der Waals surface area contributed by atoms with Crippen LogP contribution in [0.25, 0.3) is 0 Å². The Balaban J connectivity index is 1.71. The predicted molar refractivity (Wildman–Crippen MR) is 80.5 cm³/mol. The summed E-state index contributed by atoms with van der Waals surface area (Å²) in [7, 11) is 0. The van der Waals surface area contributed by atoms with Gasteiger partial charge in [0.2, 0.25) is 16.9 Å². The second-order valence-electron chi connectivity index (χ2n) is 4.62. The van der Waals surface area contributed by atoms with Crippen molar-refractivity contribution < 1.29 is 9.59 Å². The first-order valence-electron chi connectivity index (χ1n) is 6.26. The maximum atomic E-state index is 12.1. The minimum Gasteiger partial charge on any atom is -0.312 e. The van der Waals surface area contributed by atoms with Gasteiger partial charge < -0.3 is 10.2 Å². The van der Waals surface area contributed by atoms with Crippen molar-refractivity contribution >= 4 is 45.6 Å². The highest BCUT2D eigenvalue weighted by Crippen LogP contribution is 2.27. The lowest BCUT2D eigenvalue weighted by atomic mass is 10.1. The minimum absolute atomic E-state index is 0.0883. The molecule has 1 N–H and O–H groups in total. The van der Waals surface area contributed by atoms with Crippen LogP contribution in [0.4, 0.5) is 10.8 Å². The van der Waals surface area contributed by atoms with Crippen molar-refractivity contribution in [3.8, 4) is 0 Å². The summed E-state index contributed by atoms with van der Waals surface area (Å²) in [5.74, 6) is -0.709. The molecule has 0 radical (unpaired) electrons. The highest BCUT2D eigenvalue weighted by Gasteiger charge is 2.35. The first-order valence-corrected chi connectivity index (χ1v) is 7.52. The molecule has 8 heteroatoms. The number of amides is 2. The van der Waals surface area contributed by atoms with Crippen molar-refractivity contribution in [2.24, 2.45) is 5.92 Å². The molecular weight excluding hydrogens is 312 g/mol. The molecule has 1 saturated heterocycles. The zero-order valence-corrected chi connectivity index (χ0v) is 12.4. The van der Waals surface area contributed by atoms with Gasteiger partial charge >= 0.3 is 0 Å². The number of anilines is 2. The van der Waals surface area contributed by atoms with E-state index in [0.29, 0.717) is 22.4 Å². The third-order valence-corrected chi connectivity index (χ3v) is 4.05. The van der Waals surface area contributed by atoms with E-state index in [2.05, 4.69) is 15.5 Å². The molecule has 0 bridgehead atoms. The van der Waals surface area contributed by atoms with Gasteiger partial charge in [-0.15, -0.1) is 10.2 Å². The summed E-state index contributed by atoms with van der Waals surface area (Å²) in [6.07, 6.45) is 0.178. The van der Waals surface area contributed by atoms with Gasteiger partial charge in [0.05, 0.1) is 5.92 Å². The molecule has 6 nitrogen and oxygen atoms in total. The number of carbonyl (C=O) groups excluding carboxylic acids is 2. The molecule has 0 spiro atoms. The Kier molecular flexibility index (Phi) is 3.85. The van der Waals surface area contributed by atoms with Gasteiger partial charge in [-0.1, -0.05) is 29.0 Å². The highest BCUT2D eigenvalue weighted by atomic mass is 35.5. The van der Waals surface area contributed by atoms with Gasteiger partial charge in [0.15, 0.2) is 0 Å². The van der Waals surface area contributed by atoms with Gasteiger partial charge in [0.1, 0.15) is 5.51 Å². The molecule has 0 saturated carbocycles. The molecule has 1 aliphatic heterocycles.